The van der Waals surface area contributed by atoms with Crippen LogP contribution in [0.25, 0.3) is 0 Å². The van der Waals surface area contributed by atoms with Crippen LogP contribution in [-0.4, -0.2) is 42.1 Å². The summed E-state index contributed by atoms with van der Waals surface area (Å²) in [6.07, 6.45) is -0.760. The van der Waals surface area contributed by atoms with Crippen LogP contribution < -0.4 is 15.4 Å². The maximum absolute atomic E-state index is 11.7. The standard InChI is InChI=1S/C13H16N2O5/c1-9(20-10-5-3-2-4-6-10)13(19)15-7-11(16)14-8-12(17)18/h2-6,9H,7-8H2,1H3,(H,14,16)(H,15,19)(H,17,18). The highest BCUT2D eigenvalue weighted by molar-refractivity contribution is 5.88. The molecular formula is C13H16N2O5. The van der Waals surface area contributed by atoms with Crippen LogP contribution in [-0.2, 0) is 14.4 Å². The molecule has 1 unspecified atom stereocenters. The summed E-state index contributed by atoms with van der Waals surface area (Å²) < 4.78 is 5.37. The number of nitrogens with one attached hydrogen (secondary N) is 2. The van der Waals surface area contributed by atoms with Crippen LogP contribution in [0.4, 0.5) is 0 Å². The summed E-state index contributed by atoms with van der Waals surface area (Å²) in [6.45, 7) is 0.775. The Bertz CT molecular complexity index is 475. The molecule has 0 saturated carbocycles. The average Bonchev–Trinajstić information content (AvgIpc) is 2.43. The van der Waals surface area contributed by atoms with Gasteiger partial charge < -0.3 is 20.5 Å². The van der Waals surface area contributed by atoms with Gasteiger partial charge in [0.1, 0.15) is 12.3 Å². The number of carbonyl (C=O) groups is 3. The van der Waals surface area contributed by atoms with Crippen LogP contribution in [0.5, 0.6) is 5.75 Å². The van der Waals surface area contributed by atoms with Crippen LogP contribution >= 0.6 is 0 Å². The van der Waals surface area contributed by atoms with Gasteiger partial charge in [-0.15, -0.1) is 0 Å². The van der Waals surface area contributed by atoms with E-state index in [1.165, 1.54) is 0 Å². The molecule has 1 atom stereocenters. The van der Waals surface area contributed by atoms with Crippen LogP contribution in [0.1, 0.15) is 6.92 Å². The average molecular weight is 280 g/mol. The first-order valence-corrected chi connectivity index (χ1v) is 5.97. The molecule has 0 aliphatic carbocycles. The van der Waals surface area contributed by atoms with Gasteiger partial charge in [0.05, 0.1) is 6.54 Å². The van der Waals surface area contributed by atoms with E-state index in [1.54, 1.807) is 31.2 Å². The number of carbonyl (C=O) groups excluding carboxylic acids is 2. The van der Waals surface area contributed by atoms with E-state index in [4.69, 9.17) is 9.84 Å². The number of benzene rings is 1. The van der Waals surface area contributed by atoms with Crippen LogP contribution in [0.15, 0.2) is 30.3 Å². The van der Waals surface area contributed by atoms with Gasteiger partial charge in [-0.05, 0) is 19.1 Å². The minimum absolute atomic E-state index is 0.297. The number of carboxylic acid groups (broad SMARTS) is 1. The first-order valence-electron chi connectivity index (χ1n) is 5.97. The van der Waals surface area contributed by atoms with Crippen molar-refractivity contribution in [2.24, 2.45) is 0 Å². The van der Waals surface area contributed by atoms with Crippen LogP contribution in [0, 0.1) is 0 Å². The summed E-state index contributed by atoms with van der Waals surface area (Å²) in [4.78, 5) is 33.1. The van der Waals surface area contributed by atoms with E-state index >= 15 is 0 Å². The smallest absolute Gasteiger partial charge is 0.322 e. The molecule has 0 bridgehead atoms. The molecular weight excluding hydrogens is 264 g/mol. The summed E-state index contributed by atoms with van der Waals surface area (Å²) in [5.41, 5.74) is 0. The molecule has 7 heteroatoms. The second-order valence-electron chi connectivity index (χ2n) is 3.96. The molecule has 108 valence electrons. The first kappa shape index (κ1) is 15.5. The summed E-state index contributed by atoms with van der Waals surface area (Å²) >= 11 is 0. The summed E-state index contributed by atoms with van der Waals surface area (Å²) in [6, 6.07) is 8.80. The van der Waals surface area contributed by atoms with E-state index in [9.17, 15) is 14.4 Å². The van der Waals surface area contributed by atoms with Crippen molar-refractivity contribution in [3.8, 4) is 5.75 Å². The molecule has 7 nitrogen and oxygen atoms in total. The highest BCUT2D eigenvalue weighted by atomic mass is 16.5. The minimum Gasteiger partial charge on any atom is -0.481 e. The maximum Gasteiger partial charge on any atom is 0.322 e. The van der Waals surface area contributed by atoms with Gasteiger partial charge in [0.25, 0.3) is 5.91 Å². The molecule has 0 heterocycles. The number of carboxylic acids is 1. The number of hydrogen-bond donors (Lipinski definition) is 3. The number of hydrogen-bond acceptors (Lipinski definition) is 4. The zero-order chi connectivity index (χ0) is 15.0. The van der Waals surface area contributed by atoms with E-state index in [2.05, 4.69) is 10.6 Å². The molecule has 0 spiro atoms. The fraction of sp³-hybridized carbons (Fsp3) is 0.308. The number of rotatable bonds is 7. The summed E-state index contributed by atoms with van der Waals surface area (Å²) in [5, 5.41) is 12.9. The number of ether oxygens (including phenoxy) is 1. The Labute approximate surface area is 115 Å². The van der Waals surface area contributed by atoms with E-state index in [-0.39, 0.29) is 6.54 Å². The Balaban J connectivity index is 2.31. The van der Waals surface area contributed by atoms with Gasteiger partial charge in [0.2, 0.25) is 5.91 Å². The molecule has 0 radical (unpaired) electrons. The molecule has 0 aliphatic rings. The van der Waals surface area contributed by atoms with Crippen molar-refractivity contribution in [1.29, 1.82) is 0 Å². The SMILES string of the molecule is CC(Oc1ccccc1)C(=O)NCC(=O)NCC(=O)O. The van der Waals surface area contributed by atoms with Crippen molar-refractivity contribution in [2.75, 3.05) is 13.1 Å². The van der Waals surface area contributed by atoms with Crippen molar-refractivity contribution in [1.82, 2.24) is 10.6 Å². The van der Waals surface area contributed by atoms with E-state index in [0.29, 0.717) is 5.75 Å². The molecule has 1 aromatic carbocycles. The van der Waals surface area contributed by atoms with Crippen LogP contribution in [0.3, 0.4) is 0 Å². The van der Waals surface area contributed by atoms with E-state index < -0.39 is 30.4 Å². The zero-order valence-corrected chi connectivity index (χ0v) is 11.0. The van der Waals surface area contributed by atoms with Gasteiger partial charge >= 0.3 is 5.97 Å². The molecule has 3 N–H and O–H groups in total. The molecule has 1 aromatic rings. The number of para-hydroxylation sites is 1. The lowest BCUT2D eigenvalue weighted by atomic mass is 10.3. The maximum atomic E-state index is 11.7. The molecule has 0 aromatic heterocycles. The van der Waals surface area contributed by atoms with Crippen molar-refractivity contribution in [2.45, 2.75) is 13.0 Å². The predicted molar refractivity (Wildman–Crippen MR) is 70.2 cm³/mol. The molecule has 2 amide bonds. The van der Waals surface area contributed by atoms with Gasteiger partial charge in [-0.1, -0.05) is 18.2 Å². The van der Waals surface area contributed by atoms with Crippen molar-refractivity contribution in [3.63, 3.8) is 0 Å². The van der Waals surface area contributed by atoms with Crippen molar-refractivity contribution < 1.29 is 24.2 Å². The third kappa shape index (κ3) is 5.85. The Hall–Kier alpha value is -2.57. The quantitative estimate of drug-likeness (QED) is 0.640. The Kier molecular flexibility index (Phi) is 6.02. The summed E-state index contributed by atoms with van der Waals surface area (Å²) in [7, 11) is 0. The molecule has 20 heavy (non-hydrogen) atoms. The third-order valence-corrected chi connectivity index (χ3v) is 2.29. The van der Waals surface area contributed by atoms with Gasteiger partial charge in [-0.2, -0.15) is 0 Å². The molecule has 0 saturated heterocycles. The largest absolute Gasteiger partial charge is 0.481 e. The van der Waals surface area contributed by atoms with Gasteiger partial charge in [-0.25, -0.2) is 0 Å². The topological polar surface area (TPSA) is 105 Å². The molecule has 1 rings (SSSR count). The lowest BCUT2D eigenvalue weighted by molar-refractivity contribution is -0.137. The summed E-state index contributed by atoms with van der Waals surface area (Å²) in [5.74, 6) is -1.64. The zero-order valence-electron chi connectivity index (χ0n) is 11.0. The molecule has 0 aliphatic heterocycles. The highest BCUT2D eigenvalue weighted by Crippen LogP contribution is 2.10. The lowest BCUT2D eigenvalue weighted by Gasteiger charge is -2.14. The molecule has 0 fully saturated rings. The van der Waals surface area contributed by atoms with E-state index in [1.807, 2.05) is 6.07 Å². The number of amides is 2. The minimum atomic E-state index is -1.15. The Morgan fingerprint density at radius 2 is 1.80 bits per heavy atom. The van der Waals surface area contributed by atoms with Crippen LogP contribution in [0.2, 0.25) is 0 Å². The first-order chi connectivity index (χ1) is 9.49. The second-order valence-corrected chi connectivity index (χ2v) is 3.96. The Morgan fingerprint density at radius 3 is 2.40 bits per heavy atom. The van der Waals surface area contributed by atoms with Gasteiger partial charge in [-0.3, -0.25) is 14.4 Å². The predicted octanol–water partition coefficient (Wildman–Crippen LogP) is -0.229. The lowest BCUT2D eigenvalue weighted by Crippen LogP contribution is -2.43. The van der Waals surface area contributed by atoms with Gasteiger partial charge in [0, 0.05) is 0 Å². The normalized spacial score (nSPS) is 11.2. The fourth-order valence-electron chi connectivity index (χ4n) is 1.30. The third-order valence-electron chi connectivity index (χ3n) is 2.29. The Morgan fingerprint density at radius 1 is 1.15 bits per heavy atom. The monoisotopic (exact) mass is 280 g/mol. The highest BCUT2D eigenvalue weighted by Gasteiger charge is 2.15. The van der Waals surface area contributed by atoms with Gasteiger partial charge in [0.15, 0.2) is 6.10 Å². The fourth-order valence-corrected chi connectivity index (χ4v) is 1.30. The van der Waals surface area contributed by atoms with Crippen molar-refractivity contribution in [3.05, 3.63) is 30.3 Å². The van der Waals surface area contributed by atoms with E-state index in [0.717, 1.165) is 0 Å². The van der Waals surface area contributed by atoms with Crippen molar-refractivity contribution >= 4 is 17.8 Å². The second kappa shape index (κ2) is 7.78. The number of aliphatic carboxylic acids is 1.